The molecule has 0 fully saturated rings. The third kappa shape index (κ3) is 4.91. The van der Waals surface area contributed by atoms with Gasteiger partial charge in [-0.1, -0.05) is 24.3 Å². The number of ether oxygens (including phenoxy) is 1. The van der Waals surface area contributed by atoms with Gasteiger partial charge in [-0.15, -0.1) is 0 Å². The van der Waals surface area contributed by atoms with Crippen molar-refractivity contribution in [2.24, 2.45) is 0 Å². The minimum absolute atomic E-state index is 0.114. The zero-order valence-corrected chi connectivity index (χ0v) is 12.9. The van der Waals surface area contributed by atoms with Gasteiger partial charge in [0.1, 0.15) is 5.60 Å². The lowest BCUT2D eigenvalue weighted by Gasteiger charge is -2.26. The van der Waals surface area contributed by atoms with Gasteiger partial charge in [0.05, 0.1) is 0 Å². The van der Waals surface area contributed by atoms with Crippen molar-refractivity contribution in [1.29, 1.82) is 0 Å². The Morgan fingerprint density at radius 3 is 2.05 bits per heavy atom. The van der Waals surface area contributed by atoms with E-state index in [0.717, 1.165) is 0 Å². The second-order valence-corrected chi connectivity index (χ2v) is 6.12. The second-order valence-electron chi connectivity index (χ2n) is 6.12. The highest BCUT2D eigenvalue weighted by molar-refractivity contribution is 5.67. The molecule has 0 aliphatic rings. The summed E-state index contributed by atoms with van der Waals surface area (Å²) in [7, 11) is 0. The van der Waals surface area contributed by atoms with Crippen molar-refractivity contribution in [2.75, 3.05) is 0 Å². The summed E-state index contributed by atoms with van der Waals surface area (Å²) in [5, 5.41) is 12.0. The number of carbonyl (C=O) groups is 1. The predicted molar refractivity (Wildman–Crippen MR) is 75.1 cm³/mol. The van der Waals surface area contributed by atoms with E-state index in [-0.39, 0.29) is 12.1 Å². The van der Waals surface area contributed by atoms with Crippen LogP contribution in [0.1, 0.15) is 38.8 Å². The van der Waals surface area contributed by atoms with E-state index in [4.69, 9.17) is 4.74 Å². The molecule has 0 heterocycles. The molecule has 1 unspecified atom stereocenters. The number of amides is 1. The molecule has 0 saturated heterocycles. The van der Waals surface area contributed by atoms with Crippen LogP contribution in [0.5, 0.6) is 0 Å². The number of halogens is 3. The van der Waals surface area contributed by atoms with Crippen molar-refractivity contribution in [3.05, 3.63) is 35.4 Å². The molecular formula is C15H20F3NO3. The van der Waals surface area contributed by atoms with Gasteiger partial charge >= 0.3 is 12.3 Å². The van der Waals surface area contributed by atoms with Crippen LogP contribution in [0.4, 0.5) is 18.0 Å². The van der Waals surface area contributed by atoms with E-state index in [0.29, 0.717) is 12.5 Å². The Bertz CT molecular complexity index is 516. The molecule has 22 heavy (non-hydrogen) atoms. The van der Waals surface area contributed by atoms with Gasteiger partial charge in [-0.2, -0.15) is 13.2 Å². The van der Waals surface area contributed by atoms with Crippen LogP contribution in [0, 0.1) is 0 Å². The maximum atomic E-state index is 12.7. The standard InChI is InChI=1S/C15H20F3NO3/c1-13(2,3)22-12(20)19-9-10-5-7-11(8-6-10)14(4,21)15(16,17)18/h5-8,21H,9H2,1-4H3,(H,19,20). The molecule has 0 bridgehead atoms. The molecule has 0 aliphatic heterocycles. The fraction of sp³-hybridized carbons (Fsp3) is 0.533. The highest BCUT2D eigenvalue weighted by Crippen LogP contribution is 2.38. The summed E-state index contributed by atoms with van der Waals surface area (Å²) in [6.07, 6.45) is -5.37. The zero-order valence-electron chi connectivity index (χ0n) is 12.9. The molecular weight excluding hydrogens is 299 g/mol. The second kappa shape index (κ2) is 6.16. The normalized spacial score (nSPS) is 15.1. The number of rotatable bonds is 3. The summed E-state index contributed by atoms with van der Waals surface area (Å²) in [6.45, 7) is 5.98. The number of hydrogen-bond acceptors (Lipinski definition) is 3. The number of hydrogen-bond donors (Lipinski definition) is 2. The maximum absolute atomic E-state index is 12.7. The average Bonchev–Trinajstić information content (AvgIpc) is 2.33. The Labute approximate surface area is 127 Å². The van der Waals surface area contributed by atoms with E-state index >= 15 is 0 Å². The van der Waals surface area contributed by atoms with E-state index in [2.05, 4.69) is 5.32 Å². The third-order valence-corrected chi connectivity index (χ3v) is 2.90. The molecule has 0 aliphatic carbocycles. The lowest BCUT2D eigenvalue weighted by molar-refractivity contribution is -0.258. The average molecular weight is 319 g/mol. The smallest absolute Gasteiger partial charge is 0.421 e. The molecule has 1 amide bonds. The summed E-state index contributed by atoms with van der Waals surface area (Å²) in [5.74, 6) is 0. The van der Waals surface area contributed by atoms with Crippen LogP contribution in [-0.4, -0.2) is 23.0 Å². The Balaban J connectivity index is 2.69. The zero-order chi connectivity index (χ0) is 17.2. The minimum Gasteiger partial charge on any atom is -0.444 e. The number of alkyl carbamates (subject to hydrolysis) is 1. The van der Waals surface area contributed by atoms with E-state index < -0.39 is 23.5 Å². The first kappa shape index (κ1) is 18.3. The Kier molecular flexibility index (Phi) is 5.12. The van der Waals surface area contributed by atoms with Crippen LogP contribution >= 0.6 is 0 Å². The summed E-state index contributed by atoms with van der Waals surface area (Å²) in [4.78, 5) is 11.5. The highest BCUT2D eigenvalue weighted by atomic mass is 19.4. The van der Waals surface area contributed by atoms with E-state index in [1.165, 1.54) is 24.3 Å². The third-order valence-electron chi connectivity index (χ3n) is 2.90. The first-order valence-corrected chi connectivity index (χ1v) is 6.68. The Hall–Kier alpha value is -1.76. The number of nitrogens with one attached hydrogen (secondary N) is 1. The highest BCUT2D eigenvalue weighted by Gasteiger charge is 2.51. The van der Waals surface area contributed by atoms with Gasteiger partial charge in [-0.3, -0.25) is 0 Å². The number of benzene rings is 1. The van der Waals surface area contributed by atoms with E-state index in [1.807, 2.05) is 0 Å². The molecule has 0 radical (unpaired) electrons. The monoisotopic (exact) mass is 319 g/mol. The van der Waals surface area contributed by atoms with Crippen LogP contribution in [0.25, 0.3) is 0 Å². The van der Waals surface area contributed by atoms with Gasteiger partial charge in [0, 0.05) is 6.54 Å². The molecule has 0 saturated carbocycles. The van der Waals surface area contributed by atoms with Crippen molar-refractivity contribution in [2.45, 2.75) is 51.6 Å². The topological polar surface area (TPSA) is 58.6 Å². The van der Waals surface area contributed by atoms with E-state index in [1.54, 1.807) is 20.8 Å². The van der Waals surface area contributed by atoms with Crippen molar-refractivity contribution in [3.8, 4) is 0 Å². The SMILES string of the molecule is CC(C)(C)OC(=O)NCc1ccc(C(C)(O)C(F)(F)F)cc1. The molecule has 124 valence electrons. The van der Waals surface area contributed by atoms with Crippen LogP contribution in [-0.2, 0) is 16.9 Å². The number of alkyl halides is 3. The molecule has 2 N–H and O–H groups in total. The van der Waals surface area contributed by atoms with Crippen molar-refractivity contribution in [3.63, 3.8) is 0 Å². The first-order valence-electron chi connectivity index (χ1n) is 6.68. The number of aliphatic hydroxyl groups is 1. The van der Waals surface area contributed by atoms with Gasteiger partial charge < -0.3 is 15.2 Å². The molecule has 1 atom stereocenters. The predicted octanol–water partition coefficient (Wildman–Crippen LogP) is 3.48. The molecule has 0 aromatic heterocycles. The van der Waals surface area contributed by atoms with Gasteiger partial charge in [0.25, 0.3) is 0 Å². The Morgan fingerprint density at radius 2 is 1.64 bits per heavy atom. The number of carbonyl (C=O) groups excluding carboxylic acids is 1. The summed E-state index contributed by atoms with van der Waals surface area (Å²) in [6, 6.07) is 5.18. The largest absolute Gasteiger partial charge is 0.444 e. The Morgan fingerprint density at radius 1 is 1.14 bits per heavy atom. The van der Waals surface area contributed by atoms with Gasteiger partial charge in [0.2, 0.25) is 0 Å². The van der Waals surface area contributed by atoms with Crippen molar-refractivity contribution >= 4 is 6.09 Å². The molecule has 1 rings (SSSR count). The molecule has 1 aromatic rings. The van der Waals surface area contributed by atoms with Crippen molar-refractivity contribution in [1.82, 2.24) is 5.32 Å². The van der Waals surface area contributed by atoms with Gasteiger partial charge in [-0.05, 0) is 38.8 Å². The quantitative estimate of drug-likeness (QED) is 0.897. The van der Waals surface area contributed by atoms with E-state index in [9.17, 15) is 23.1 Å². The van der Waals surface area contributed by atoms with Crippen molar-refractivity contribution < 1.29 is 27.8 Å². The van der Waals surface area contributed by atoms with Crippen LogP contribution in [0.3, 0.4) is 0 Å². The maximum Gasteiger partial charge on any atom is 0.421 e. The van der Waals surface area contributed by atoms with Crippen LogP contribution < -0.4 is 5.32 Å². The summed E-state index contributed by atoms with van der Waals surface area (Å²) >= 11 is 0. The van der Waals surface area contributed by atoms with Crippen LogP contribution in [0.15, 0.2) is 24.3 Å². The van der Waals surface area contributed by atoms with Gasteiger partial charge in [0.15, 0.2) is 5.60 Å². The molecule has 0 spiro atoms. The molecule has 7 heteroatoms. The molecule has 1 aromatic carbocycles. The fourth-order valence-electron chi connectivity index (χ4n) is 1.60. The van der Waals surface area contributed by atoms with Crippen LogP contribution in [0.2, 0.25) is 0 Å². The summed E-state index contributed by atoms with van der Waals surface area (Å²) in [5.41, 5.74) is -3.21. The lowest BCUT2D eigenvalue weighted by atomic mass is 9.94. The fourth-order valence-corrected chi connectivity index (χ4v) is 1.60. The summed E-state index contributed by atoms with van der Waals surface area (Å²) < 4.78 is 43.2. The first-order chi connectivity index (χ1) is 9.83. The van der Waals surface area contributed by atoms with Gasteiger partial charge in [-0.25, -0.2) is 4.79 Å². The lowest BCUT2D eigenvalue weighted by Crippen LogP contribution is -2.39. The molecule has 4 nitrogen and oxygen atoms in total. The minimum atomic E-state index is -4.76.